The van der Waals surface area contributed by atoms with Gasteiger partial charge < -0.3 is 5.43 Å². The summed E-state index contributed by atoms with van der Waals surface area (Å²) in [7, 11) is 0. The Morgan fingerprint density at radius 2 is 2.25 bits per heavy atom. The van der Waals surface area contributed by atoms with Crippen molar-refractivity contribution in [2.45, 2.75) is 13.8 Å². The minimum atomic E-state index is 0.587. The van der Waals surface area contributed by atoms with Crippen molar-refractivity contribution in [3.8, 4) is 6.07 Å². The molecule has 0 aromatic carbocycles. The topological polar surface area (TPSA) is 74.7 Å². The smallest absolute Gasteiger partial charge is 0.140 e. The number of nitrogens with one attached hydrogen (secondary N) is 1. The highest BCUT2D eigenvalue weighted by molar-refractivity contribution is 5.47. The highest BCUT2D eigenvalue weighted by atomic mass is 15.2. The van der Waals surface area contributed by atoms with Gasteiger partial charge in [0.1, 0.15) is 11.9 Å². The van der Waals surface area contributed by atoms with Crippen molar-refractivity contribution in [2.75, 3.05) is 5.43 Å². The summed E-state index contributed by atoms with van der Waals surface area (Å²) in [6, 6.07) is 3.83. The Hall–Kier alpha value is -1.60. The third-order valence-electron chi connectivity index (χ3n) is 1.66. The van der Waals surface area contributed by atoms with E-state index in [0.717, 1.165) is 5.56 Å². The van der Waals surface area contributed by atoms with Crippen LogP contribution in [0.3, 0.4) is 0 Å². The first-order valence-electron chi connectivity index (χ1n) is 3.54. The SMILES string of the molecule is Cc1cc(NN)nc(C)c1C#N. The first kappa shape index (κ1) is 8.50. The molecule has 0 aliphatic carbocycles. The molecular weight excluding hydrogens is 152 g/mol. The fourth-order valence-electron chi connectivity index (χ4n) is 1.07. The summed E-state index contributed by atoms with van der Waals surface area (Å²) in [5, 5.41) is 8.72. The molecule has 0 fully saturated rings. The van der Waals surface area contributed by atoms with E-state index in [2.05, 4.69) is 16.5 Å². The number of pyridine rings is 1. The summed E-state index contributed by atoms with van der Waals surface area (Å²) in [5.41, 5.74) is 4.65. The molecule has 1 heterocycles. The van der Waals surface area contributed by atoms with Crippen LogP contribution in [0.15, 0.2) is 6.07 Å². The maximum absolute atomic E-state index is 8.72. The lowest BCUT2D eigenvalue weighted by Crippen LogP contribution is -2.10. The highest BCUT2D eigenvalue weighted by Gasteiger charge is 2.04. The Morgan fingerprint density at radius 3 is 2.67 bits per heavy atom. The molecule has 1 aromatic heterocycles. The van der Waals surface area contributed by atoms with Crippen LogP contribution < -0.4 is 11.3 Å². The van der Waals surface area contributed by atoms with Crippen molar-refractivity contribution >= 4 is 5.82 Å². The molecule has 12 heavy (non-hydrogen) atoms. The van der Waals surface area contributed by atoms with E-state index in [9.17, 15) is 0 Å². The second kappa shape index (κ2) is 3.20. The van der Waals surface area contributed by atoms with Crippen molar-refractivity contribution in [3.05, 3.63) is 22.9 Å². The van der Waals surface area contributed by atoms with Gasteiger partial charge in [-0.15, -0.1) is 0 Å². The highest BCUT2D eigenvalue weighted by Crippen LogP contribution is 2.13. The minimum Gasteiger partial charge on any atom is -0.308 e. The number of aromatic nitrogens is 1. The van der Waals surface area contributed by atoms with Gasteiger partial charge >= 0.3 is 0 Å². The van der Waals surface area contributed by atoms with Crippen molar-refractivity contribution in [3.63, 3.8) is 0 Å². The number of aryl methyl sites for hydroxylation is 2. The monoisotopic (exact) mass is 162 g/mol. The fraction of sp³-hybridized carbons (Fsp3) is 0.250. The van der Waals surface area contributed by atoms with Crippen molar-refractivity contribution in [2.24, 2.45) is 5.84 Å². The Bertz CT molecular complexity index is 314. The van der Waals surface area contributed by atoms with Crippen molar-refractivity contribution < 1.29 is 0 Å². The number of hydrogen-bond donors (Lipinski definition) is 2. The Balaban J connectivity index is 3.30. The molecule has 4 nitrogen and oxygen atoms in total. The number of rotatable bonds is 1. The first-order valence-corrected chi connectivity index (χ1v) is 3.54. The molecule has 0 radical (unpaired) electrons. The molecule has 0 saturated carbocycles. The maximum Gasteiger partial charge on any atom is 0.140 e. The lowest BCUT2D eigenvalue weighted by Gasteiger charge is -2.04. The Labute approximate surface area is 71.0 Å². The van der Waals surface area contributed by atoms with Crippen LogP contribution in [0.1, 0.15) is 16.8 Å². The second-order valence-electron chi connectivity index (χ2n) is 2.54. The molecule has 4 heteroatoms. The summed E-state index contributed by atoms with van der Waals surface area (Å²) in [6.45, 7) is 3.64. The van der Waals surface area contributed by atoms with Crippen LogP contribution in [-0.4, -0.2) is 4.98 Å². The third kappa shape index (κ3) is 1.36. The number of nitrogens with two attached hydrogens (primary N) is 1. The molecule has 3 N–H and O–H groups in total. The maximum atomic E-state index is 8.72. The summed E-state index contributed by atoms with van der Waals surface area (Å²) < 4.78 is 0. The minimum absolute atomic E-state index is 0.587. The van der Waals surface area contributed by atoms with Crippen LogP contribution in [0.25, 0.3) is 0 Å². The zero-order valence-corrected chi connectivity index (χ0v) is 7.05. The van der Waals surface area contributed by atoms with Gasteiger partial charge in [-0.05, 0) is 25.5 Å². The normalized spacial score (nSPS) is 9.17. The molecule has 0 bridgehead atoms. The zero-order valence-electron chi connectivity index (χ0n) is 7.05. The van der Waals surface area contributed by atoms with Gasteiger partial charge in [0, 0.05) is 0 Å². The van der Waals surface area contributed by atoms with Crippen LogP contribution in [0.5, 0.6) is 0 Å². The van der Waals surface area contributed by atoms with Crippen molar-refractivity contribution in [1.29, 1.82) is 5.26 Å². The summed E-state index contributed by atoms with van der Waals surface area (Å²) in [4.78, 5) is 4.06. The third-order valence-corrected chi connectivity index (χ3v) is 1.66. The van der Waals surface area contributed by atoms with Gasteiger partial charge in [0.05, 0.1) is 11.3 Å². The molecule has 1 rings (SSSR count). The van der Waals surface area contributed by atoms with E-state index in [1.54, 1.807) is 13.0 Å². The second-order valence-corrected chi connectivity index (χ2v) is 2.54. The number of anilines is 1. The molecule has 0 spiro atoms. The van der Waals surface area contributed by atoms with E-state index in [-0.39, 0.29) is 0 Å². The fourth-order valence-corrected chi connectivity index (χ4v) is 1.07. The molecule has 0 amide bonds. The molecule has 0 aliphatic rings. The van der Waals surface area contributed by atoms with Gasteiger partial charge in [-0.2, -0.15) is 5.26 Å². The molecular formula is C8H10N4. The van der Waals surface area contributed by atoms with E-state index in [0.29, 0.717) is 17.1 Å². The van der Waals surface area contributed by atoms with Gasteiger partial charge in [-0.3, -0.25) is 0 Å². The summed E-state index contributed by atoms with van der Waals surface area (Å²) in [5.74, 6) is 5.77. The largest absolute Gasteiger partial charge is 0.308 e. The number of nitrogen functional groups attached to an aromatic ring is 1. The predicted molar refractivity (Wildman–Crippen MR) is 46.2 cm³/mol. The molecule has 0 unspecified atom stereocenters. The Kier molecular flexibility index (Phi) is 2.26. The quantitative estimate of drug-likeness (QED) is 0.474. The van der Waals surface area contributed by atoms with Crippen LogP contribution in [0.4, 0.5) is 5.82 Å². The van der Waals surface area contributed by atoms with Gasteiger partial charge in [-0.25, -0.2) is 10.8 Å². The van der Waals surface area contributed by atoms with E-state index in [4.69, 9.17) is 11.1 Å². The lowest BCUT2D eigenvalue weighted by molar-refractivity contribution is 1.12. The predicted octanol–water partition coefficient (Wildman–Crippen LogP) is 0.856. The number of hydrogen-bond acceptors (Lipinski definition) is 4. The van der Waals surface area contributed by atoms with Crippen LogP contribution >= 0.6 is 0 Å². The number of hydrazine groups is 1. The first-order chi connectivity index (χ1) is 5.69. The average molecular weight is 162 g/mol. The molecule has 0 saturated heterocycles. The number of nitrogens with zero attached hydrogens (tertiary/aromatic N) is 2. The van der Waals surface area contributed by atoms with Gasteiger partial charge in [0.2, 0.25) is 0 Å². The molecule has 1 aromatic rings. The van der Waals surface area contributed by atoms with Gasteiger partial charge in [0.25, 0.3) is 0 Å². The Morgan fingerprint density at radius 1 is 1.58 bits per heavy atom. The van der Waals surface area contributed by atoms with E-state index < -0.39 is 0 Å². The van der Waals surface area contributed by atoms with Crippen molar-refractivity contribution in [1.82, 2.24) is 4.98 Å². The van der Waals surface area contributed by atoms with Gasteiger partial charge in [0.15, 0.2) is 0 Å². The lowest BCUT2D eigenvalue weighted by atomic mass is 10.1. The summed E-state index contributed by atoms with van der Waals surface area (Å²) in [6.07, 6.45) is 0. The van der Waals surface area contributed by atoms with E-state index in [1.165, 1.54) is 0 Å². The van der Waals surface area contributed by atoms with Crippen LogP contribution in [0, 0.1) is 25.2 Å². The molecule has 0 aliphatic heterocycles. The zero-order chi connectivity index (χ0) is 9.14. The molecule has 0 atom stereocenters. The van der Waals surface area contributed by atoms with Gasteiger partial charge in [-0.1, -0.05) is 0 Å². The average Bonchev–Trinajstić information content (AvgIpc) is 2.03. The summed E-state index contributed by atoms with van der Waals surface area (Å²) >= 11 is 0. The number of nitriles is 1. The molecule has 62 valence electrons. The van der Waals surface area contributed by atoms with Crippen LogP contribution in [-0.2, 0) is 0 Å². The van der Waals surface area contributed by atoms with E-state index in [1.807, 2.05) is 6.92 Å². The van der Waals surface area contributed by atoms with E-state index >= 15 is 0 Å². The standard InChI is InChI=1S/C8H10N4/c1-5-3-8(12-10)11-6(2)7(5)4-9/h3H,10H2,1-2H3,(H,11,12). The van der Waals surface area contributed by atoms with Crippen LogP contribution in [0.2, 0.25) is 0 Å².